The Balaban J connectivity index is 1.64. The molecule has 26 heavy (non-hydrogen) atoms. The third-order valence-electron chi connectivity index (χ3n) is 4.24. The molecule has 1 aliphatic carbocycles. The first-order valence-electron chi connectivity index (χ1n) is 8.25. The smallest absolute Gasteiger partial charge is 0.197 e. The second-order valence-corrected chi connectivity index (χ2v) is 5.95. The maximum absolute atomic E-state index is 12.6. The van der Waals surface area contributed by atoms with Gasteiger partial charge in [0.2, 0.25) is 0 Å². The summed E-state index contributed by atoms with van der Waals surface area (Å²) in [6.45, 7) is 0.357. The van der Waals surface area contributed by atoms with Gasteiger partial charge in [-0.05, 0) is 18.2 Å². The topological polar surface area (TPSA) is 56.3 Å². The van der Waals surface area contributed by atoms with Gasteiger partial charge in [0, 0.05) is 34.6 Å². The Morgan fingerprint density at radius 2 is 1.54 bits per heavy atom. The van der Waals surface area contributed by atoms with Gasteiger partial charge in [0.05, 0.1) is 5.57 Å². The van der Waals surface area contributed by atoms with Crippen LogP contribution in [-0.4, -0.2) is 16.6 Å². The fraction of sp³-hybridized carbons (Fsp3) is 0.0455. The number of ketones is 2. The Morgan fingerprint density at radius 1 is 0.846 bits per heavy atom. The van der Waals surface area contributed by atoms with Crippen molar-refractivity contribution in [3.05, 3.63) is 101 Å². The van der Waals surface area contributed by atoms with E-state index in [4.69, 9.17) is 4.74 Å². The number of Topliss-reactive ketones (excluding diaryl/α,β-unsaturated/α-hetero) is 2. The number of hydrogen-bond acceptors (Lipinski definition) is 4. The molecule has 0 spiro atoms. The summed E-state index contributed by atoms with van der Waals surface area (Å²) in [5.74, 6) is 0.126. The zero-order valence-corrected chi connectivity index (χ0v) is 13.9. The summed E-state index contributed by atoms with van der Waals surface area (Å²) in [7, 11) is 0. The van der Waals surface area contributed by atoms with Crippen molar-refractivity contribution < 1.29 is 14.3 Å². The molecule has 0 amide bonds. The van der Waals surface area contributed by atoms with Crippen LogP contribution in [-0.2, 0) is 6.61 Å². The van der Waals surface area contributed by atoms with E-state index >= 15 is 0 Å². The van der Waals surface area contributed by atoms with Gasteiger partial charge >= 0.3 is 0 Å². The first kappa shape index (κ1) is 16.0. The lowest BCUT2D eigenvalue weighted by Gasteiger charge is -2.09. The summed E-state index contributed by atoms with van der Waals surface area (Å²) in [6.07, 6.45) is 5.06. The summed E-state index contributed by atoms with van der Waals surface area (Å²) < 4.78 is 5.87. The molecule has 0 fully saturated rings. The summed E-state index contributed by atoms with van der Waals surface area (Å²) >= 11 is 0. The van der Waals surface area contributed by atoms with Gasteiger partial charge in [0.1, 0.15) is 12.4 Å². The number of fused-ring (bicyclic) bond motifs is 1. The van der Waals surface area contributed by atoms with E-state index in [-0.39, 0.29) is 17.1 Å². The lowest BCUT2D eigenvalue weighted by atomic mass is 10.1. The van der Waals surface area contributed by atoms with Crippen LogP contribution in [0.2, 0.25) is 0 Å². The number of ether oxygens (including phenoxy) is 1. The molecule has 126 valence electrons. The average Bonchev–Trinajstić information content (AvgIpc) is 2.93. The Bertz CT molecular complexity index is 985. The Labute approximate surface area is 150 Å². The summed E-state index contributed by atoms with van der Waals surface area (Å²) in [5.41, 5.74) is 2.72. The lowest BCUT2D eigenvalue weighted by molar-refractivity contribution is 0.0990. The molecule has 0 saturated heterocycles. The van der Waals surface area contributed by atoms with Crippen LogP contribution >= 0.6 is 0 Å². The van der Waals surface area contributed by atoms with E-state index in [0.717, 1.165) is 5.56 Å². The highest BCUT2D eigenvalue weighted by atomic mass is 16.5. The monoisotopic (exact) mass is 341 g/mol. The van der Waals surface area contributed by atoms with Gasteiger partial charge in [0.15, 0.2) is 11.6 Å². The third-order valence-corrected chi connectivity index (χ3v) is 4.24. The first-order valence-corrected chi connectivity index (χ1v) is 8.25. The molecule has 0 aliphatic heterocycles. The number of allylic oxidation sites excluding steroid dienone is 1. The van der Waals surface area contributed by atoms with Gasteiger partial charge in [-0.3, -0.25) is 14.6 Å². The van der Waals surface area contributed by atoms with E-state index in [1.54, 1.807) is 42.7 Å². The Morgan fingerprint density at radius 3 is 2.23 bits per heavy atom. The van der Waals surface area contributed by atoms with Gasteiger partial charge in [-0.15, -0.1) is 0 Å². The predicted octanol–water partition coefficient (Wildman–Crippen LogP) is 4.12. The minimum absolute atomic E-state index is 0.170. The second kappa shape index (κ2) is 6.76. The van der Waals surface area contributed by atoms with Crippen molar-refractivity contribution in [1.82, 2.24) is 4.98 Å². The summed E-state index contributed by atoms with van der Waals surface area (Å²) in [5, 5.41) is 0. The van der Waals surface area contributed by atoms with Crippen molar-refractivity contribution in [2.24, 2.45) is 0 Å². The van der Waals surface area contributed by atoms with Crippen LogP contribution in [0, 0.1) is 0 Å². The number of aromatic nitrogens is 1. The molecule has 1 aliphatic rings. The van der Waals surface area contributed by atoms with Crippen LogP contribution in [0.4, 0.5) is 0 Å². The lowest BCUT2D eigenvalue weighted by Crippen LogP contribution is -2.02. The van der Waals surface area contributed by atoms with Gasteiger partial charge in [-0.25, -0.2) is 0 Å². The number of benzene rings is 2. The van der Waals surface area contributed by atoms with Crippen molar-refractivity contribution in [2.75, 3.05) is 0 Å². The zero-order valence-electron chi connectivity index (χ0n) is 13.9. The van der Waals surface area contributed by atoms with Crippen molar-refractivity contribution in [3.63, 3.8) is 0 Å². The Hall–Kier alpha value is -3.53. The van der Waals surface area contributed by atoms with Crippen molar-refractivity contribution in [2.45, 2.75) is 6.61 Å². The number of para-hydroxylation sites is 1. The highest BCUT2D eigenvalue weighted by Gasteiger charge is 2.32. The van der Waals surface area contributed by atoms with Gasteiger partial charge in [-0.2, -0.15) is 0 Å². The molecule has 4 heteroatoms. The molecule has 0 saturated carbocycles. The second-order valence-electron chi connectivity index (χ2n) is 5.95. The van der Waals surface area contributed by atoms with Crippen LogP contribution in [0.15, 0.2) is 78.6 Å². The largest absolute Gasteiger partial charge is 0.488 e. The molecular formula is C22H15NO3. The van der Waals surface area contributed by atoms with Crippen molar-refractivity contribution >= 4 is 17.6 Å². The number of rotatable bonds is 4. The molecule has 0 bridgehead atoms. The standard InChI is InChI=1S/C22H15NO3/c24-21-17-8-2-3-9-18(17)22(25)19(21)12-16-7-1-4-10-20(16)26-14-15-6-5-11-23-13-15/h1-13H,14H2. The van der Waals surface area contributed by atoms with Crippen LogP contribution in [0.3, 0.4) is 0 Å². The highest BCUT2D eigenvalue weighted by molar-refractivity contribution is 6.41. The molecule has 0 N–H and O–H groups in total. The van der Waals surface area contributed by atoms with E-state index in [0.29, 0.717) is 29.0 Å². The van der Waals surface area contributed by atoms with Crippen molar-refractivity contribution in [1.29, 1.82) is 0 Å². The fourth-order valence-corrected chi connectivity index (χ4v) is 2.93. The predicted molar refractivity (Wildman–Crippen MR) is 98.1 cm³/mol. The van der Waals surface area contributed by atoms with Gasteiger partial charge in [-0.1, -0.05) is 48.5 Å². The van der Waals surface area contributed by atoms with E-state index < -0.39 is 0 Å². The molecule has 0 unspecified atom stereocenters. The highest BCUT2D eigenvalue weighted by Crippen LogP contribution is 2.30. The van der Waals surface area contributed by atoms with E-state index in [2.05, 4.69) is 4.98 Å². The molecule has 4 rings (SSSR count). The molecule has 4 nitrogen and oxygen atoms in total. The summed E-state index contributed by atoms with van der Waals surface area (Å²) in [4.78, 5) is 29.2. The molecule has 0 atom stereocenters. The number of nitrogens with zero attached hydrogens (tertiary/aromatic N) is 1. The number of carbonyl (C=O) groups is 2. The molecular weight excluding hydrogens is 326 g/mol. The van der Waals surface area contributed by atoms with E-state index in [1.807, 2.05) is 36.4 Å². The van der Waals surface area contributed by atoms with Crippen LogP contribution in [0.1, 0.15) is 31.8 Å². The minimum atomic E-state index is -0.243. The van der Waals surface area contributed by atoms with Gasteiger partial charge < -0.3 is 4.74 Å². The Kier molecular flexibility index (Phi) is 4.15. The fourth-order valence-electron chi connectivity index (χ4n) is 2.93. The van der Waals surface area contributed by atoms with Crippen LogP contribution in [0.25, 0.3) is 6.08 Å². The quantitative estimate of drug-likeness (QED) is 0.529. The van der Waals surface area contributed by atoms with Crippen LogP contribution in [0.5, 0.6) is 5.75 Å². The van der Waals surface area contributed by atoms with Crippen molar-refractivity contribution in [3.8, 4) is 5.75 Å². The number of carbonyl (C=O) groups excluding carboxylic acids is 2. The summed E-state index contributed by atoms with van der Waals surface area (Å²) in [6, 6.07) is 18.0. The molecule has 2 aromatic carbocycles. The number of pyridine rings is 1. The maximum atomic E-state index is 12.6. The molecule has 1 heterocycles. The number of hydrogen-bond donors (Lipinski definition) is 0. The van der Waals surface area contributed by atoms with E-state index in [1.165, 1.54) is 0 Å². The SMILES string of the molecule is O=C1C(=Cc2ccccc2OCc2cccnc2)C(=O)c2ccccc21. The van der Waals surface area contributed by atoms with Crippen LogP contribution < -0.4 is 4.74 Å². The van der Waals surface area contributed by atoms with E-state index in [9.17, 15) is 9.59 Å². The minimum Gasteiger partial charge on any atom is -0.488 e. The zero-order chi connectivity index (χ0) is 17.9. The molecule has 3 aromatic rings. The van der Waals surface area contributed by atoms with Gasteiger partial charge in [0.25, 0.3) is 0 Å². The third kappa shape index (κ3) is 2.93. The average molecular weight is 341 g/mol. The maximum Gasteiger partial charge on any atom is 0.197 e. The molecule has 0 radical (unpaired) electrons. The normalized spacial score (nSPS) is 12.8. The molecule has 1 aromatic heterocycles. The first-order chi connectivity index (χ1) is 12.7.